The molecule has 0 unspecified atom stereocenters. The highest BCUT2D eigenvalue weighted by Gasteiger charge is 2.06. The van der Waals surface area contributed by atoms with Gasteiger partial charge in [-0.25, -0.2) is 0 Å². The molecular formula is C20H17ClN2O. The van der Waals surface area contributed by atoms with Crippen LogP contribution in [0, 0.1) is 0 Å². The molecule has 1 heterocycles. The Morgan fingerprint density at radius 1 is 0.958 bits per heavy atom. The normalized spacial score (nSPS) is 10.4. The maximum Gasteiger partial charge on any atom is 0.251 e. The number of hydrogen-bond acceptors (Lipinski definition) is 2. The molecule has 0 fully saturated rings. The fourth-order valence-electron chi connectivity index (χ4n) is 2.44. The first-order valence-corrected chi connectivity index (χ1v) is 8.15. The molecule has 0 aliphatic rings. The number of benzene rings is 2. The largest absolute Gasteiger partial charge is 0.352 e. The van der Waals surface area contributed by atoms with Crippen molar-refractivity contribution in [1.29, 1.82) is 0 Å². The van der Waals surface area contributed by atoms with Crippen LogP contribution >= 0.6 is 11.6 Å². The quantitative estimate of drug-likeness (QED) is 0.751. The van der Waals surface area contributed by atoms with Crippen LogP contribution < -0.4 is 5.32 Å². The van der Waals surface area contributed by atoms with Crippen LogP contribution in [0.1, 0.15) is 15.9 Å². The van der Waals surface area contributed by atoms with Gasteiger partial charge in [-0.2, -0.15) is 0 Å². The maximum atomic E-state index is 12.2. The van der Waals surface area contributed by atoms with Gasteiger partial charge in [0.15, 0.2) is 0 Å². The maximum absolute atomic E-state index is 12.2. The summed E-state index contributed by atoms with van der Waals surface area (Å²) in [6, 6.07) is 20.9. The third-order valence-electron chi connectivity index (χ3n) is 3.75. The number of carbonyl (C=O) groups excluding carboxylic acids is 1. The van der Waals surface area contributed by atoms with E-state index in [9.17, 15) is 4.79 Å². The predicted octanol–water partition coefficient (Wildman–Crippen LogP) is 4.37. The van der Waals surface area contributed by atoms with E-state index in [-0.39, 0.29) is 5.91 Å². The molecule has 0 aliphatic heterocycles. The highest BCUT2D eigenvalue weighted by atomic mass is 35.5. The third kappa shape index (κ3) is 4.00. The van der Waals surface area contributed by atoms with Crippen LogP contribution in [0.2, 0.25) is 5.02 Å². The molecule has 0 spiro atoms. The van der Waals surface area contributed by atoms with Crippen molar-refractivity contribution in [3.05, 3.63) is 89.1 Å². The van der Waals surface area contributed by atoms with Gasteiger partial charge in [0.2, 0.25) is 0 Å². The second-order valence-corrected chi connectivity index (χ2v) is 5.80. The fraction of sp³-hybridized carbons (Fsp3) is 0.100. The Labute approximate surface area is 146 Å². The molecule has 1 amide bonds. The molecular weight excluding hydrogens is 320 g/mol. The molecule has 3 nitrogen and oxygen atoms in total. The summed E-state index contributed by atoms with van der Waals surface area (Å²) >= 11 is 6.11. The van der Waals surface area contributed by atoms with Gasteiger partial charge < -0.3 is 5.32 Å². The molecule has 24 heavy (non-hydrogen) atoms. The average Bonchev–Trinajstić information content (AvgIpc) is 2.64. The second kappa shape index (κ2) is 7.75. The number of aromatic nitrogens is 1. The van der Waals surface area contributed by atoms with Crippen LogP contribution in [0.15, 0.2) is 72.9 Å². The Balaban J connectivity index is 1.58. The van der Waals surface area contributed by atoms with Crippen molar-refractivity contribution in [3.8, 4) is 11.3 Å². The Morgan fingerprint density at radius 3 is 2.42 bits per heavy atom. The second-order valence-electron chi connectivity index (χ2n) is 5.39. The molecule has 0 bridgehead atoms. The van der Waals surface area contributed by atoms with Crippen LogP contribution in [0.4, 0.5) is 0 Å². The Bertz CT molecular complexity index is 817. The van der Waals surface area contributed by atoms with E-state index in [2.05, 4.69) is 10.3 Å². The number of halogens is 1. The summed E-state index contributed by atoms with van der Waals surface area (Å²) in [6.45, 7) is 0.546. The van der Waals surface area contributed by atoms with E-state index in [4.69, 9.17) is 11.6 Å². The molecule has 0 aliphatic carbocycles. The van der Waals surface area contributed by atoms with Gasteiger partial charge in [-0.1, -0.05) is 48.0 Å². The molecule has 0 saturated carbocycles. The molecule has 3 aromatic rings. The van der Waals surface area contributed by atoms with Crippen molar-refractivity contribution in [2.75, 3.05) is 6.54 Å². The highest BCUT2D eigenvalue weighted by molar-refractivity contribution is 6.31. The number of hydrogen-bond donors (Lipinski definition) is 1. The van der Waals surface area contributed by atoms with Crippen molar-refractivity contribution in [3.63, 3.8) is 0 Å². The lowest BCUT2D eigenvalue weighted by atomic mass is 10.1. The first-order chi connectivity index (χ1) is 11.7. The molecule has 0 radical (unpaired) electrons. The minimum Gasteiger partial charge on any atom is -0.352 e. The van der Waals surface area contributed by atoms with Gasteiger partial charge >= 0.3 is 0 Å². The van der Waals surface area contributed by atoms with Crippen molar-refractivity contribution in [2.45, 2.75) is 6.42 Å². The highest BCUT2D eigenvalue weighted by Crippen LogP contribution is 2.17. The lowest BCUT2D eigenvalue weighted by Gasteiger charge is -2.07. The summed E-state index contributed by atoms with van der Waals surface area (Å²) in [5, 5.41) is 3.65. The Hall–Kier alpha value is -2.65. The lowest BCUT2D eigenvalue weighted by molar-refractivity contribution is 0.0954. The summed E-state index contributed by atoms with van der Waals surface area (Å²) in [5.41, 5.74) is 3.55. The molecule has 1 N–H and O–H groups in total. The van der Waals surface area contributed by atoms with Crippen LogP contribution in [0.5, 0.6) is 0 Å². The number of amides is 1. The van der Waals surface area contributed by atoms with Crippen LogP contribution in [-0.2, 0) is 6.42 Å². The monoisotopic (exact) mass is 336 g/mol. The van der Waals surface area contributed by atoms with Gasteiger partial charge in [0.05, 0.1) is 5.69 Å². The van der Waals surface area contributed by atoms with Crippen LogP contribution in [-0.4, -0.2) is 17.4 Å². The van der Waals surface area contributed by atoms with E-state index < -0.39 is 0 Å². The van der Waals surface area contributed by atoms with E-state index in [0.717, 1.165) is 21.8 Å². The number of nitrogens with one attached hydrogen (secondary N) is 1. The number of nitrogens with zero attached hydrogens (tertiary/aromatic N) is 1. The van der Waals surface area contributed by atoms with Gasteiger partial charge in [-0.3, -0.25) is 9.78 Å². The molecule has 0 atom stereocenters. The van der Waals surface area contributed by atoms with Gasteiger partial charge in [0.25, 0.3) is 5.91 Å². The third-order valence-corrected chi connectivity index (χ3v) is 4.11. The SMILES string of the molecule is O=C(NCCc1ccccc1Cl)c1ccc(-c2ccccn2)cc1. The van der Waals surface area contributed by atoms with E-state index in [1.54, 1.807) is 6.20 Å². The van der Waals surface area contributed by atoms with Crippen molar-refractivity contribution in [2.24, 2.45) is 0 Å². The van der Waals surface area contributed by atoms with Crippen molar-refractivity contribution in [1.82, 2.24) is 10.3 Å². The smallest absolute Gasteiger partial charge is 0.251 e. The molecule has 3 rings (SSSR count). The zero-order valence-electron chi connectivity index (χ0n) is 13.1. The Kier molecular flexibility index (Phi) is 5.24. The summed E-state index contributed by atoms with van der Waals surface area (Å²) in [6.07, 6.45) is 2.46. The van der Waals surface area contributed by atoms with Gasteiger partial charge in [0.1, 0.15) is 0 Å². The summed E-state index contributed by atoms with van der Waals surface area (Å²) < 4.78 is 0. The van der Waals surface area contributed by atoms with E-state index in [1.807, 2.05) is 66.7 Å². The standard InChI is InChI=1S/C20H17ClN2O/c21-18-6-2-1-5-15(18)12-14-23-20(24)17-10-8-16(9-11-17)19-7-3-4-13-22-19/h1-11,13H,12,14H2,(H,23,24). The average molecular weight is 337 g/mol. The van der Waals surface area contributed by atoms with Crippen LogP contribution in [0.25, 0.3) is 11.3 Å². The van der Waals surface area contributed by atoms with Gasteiger partial charge in [0, 0.05) is 28.9 Å². The predicted molar refractivity (Wildman–Crippen MR) is 97.2 cm³/mol. The number of rotatable bonds is 5. The lowest BCUT2D eigenvalue weighted by Crippen LogP contribution is -2.25. The Morgan fingerprint density at radius 2 is 1.71 bits per heavy atom. The van der Waals surface area contributed by atoms with E-state index in [0.29, 0.717) is 18.5 Å². The summed E-state index contributed by atoms with van der Waals surface area (Å²) in [7, 11) is 0. The molecule has 2 aromatic carbocycles. The number of pyridine rings is 1. The van der Waals surface area contributed by atoms with Gasteiger partial charge in [-0.05, 0) is 42.3 Å². The zero-order chi connectivity index (χ0) is 16.8. The first kappa shape index (κ1) is 16.2. The minimum atomic E-state index is -0.0883. The minimum absolute atomic E-state index is 0.0883. The van der Waals surface area contributed by atoms with E-state index in [1.165, 1.54) is 0 Å². The fourth-order valence-corrected chi connectivity index (χ4v) is 2.67. The zero-order valence-corrected chi connectivity index (χ0v) is 13.8. The van der Waals surface area contributed by atoms with Gasteiger partial charge in [-0.15, -0.1) is 0 Å². The topological polar surface area (TPSA) is 42.0 Å². The van der Waals surface area contributed by atoms with E-state index >= 15 is 0 Å². The molecule has 0 saturated heterocycles. The molecule has 1 aromatic heterocycles. The van der Waals surface area contributed by atoms with Crippen molar-refractivity contribution >= 4 is 17.5 Å². The van der Waals surface area contributed by atoms with Crippen molar-refractivity contribution < 1.29 is 4.79 Å². The first-order valence-electron chi connectivity index (χ1n) is 7.77. The molecule has 120 valence electrons. The molecule has 4 heteroatoms. The van der Waals surface area contributed by atoms with Crippen LogP contribution in [0.3, 0.4) is 0 Å². The summed E-state index contributed by atoms with van der Waals surface area (Å²) in [5.74, 6) is -0.0883. The summed E-state index contributed by atoms with van der Waals surface area (Å²) in [4.78, 5) is 16.5. The number of carbonyl (C=O) groups is 1.